The van der Waals surface area contributed by atoms with Crippen LogP contribution in [0.5, 0.6) is 0 Å². The van der Waals surface area contributed by atoms with Gasteiger partial charge in [0.1, 0.15) is 23.6 Å². The van der Waals surface area contributed by atoms with Crippen LogP contribution in [0.2, 0.25) is 0 Å². The first-order valence-corrected chi connectivity index (χ1v) is 13.7. The molecule has 1 aliphatic rings. The number of halogens is 4. The number of aromatic nitrogens is 4. The number of hydrogen-bond donors (Lipinski definition) is 1. The van der Waals surface area contributed by atoms with Gasteiger partial charge in [0.15, 0.2) is 0 Å². The smallest absolute Gasteiger partial charge is 0.359 e. The van der Waals surface area contributed by atoms with Crippen molar-refractivity contribution in [1.82, 2.24) is 19.1 Å². The average molecular weight is 598 g/mol. The van der Waals surface area contributed by atoms with Crippen LogP contribution in [0.3, 0.4) is 0 Å². The van der Waals surface area contributed by atoms with E-state index in [4.69, 9.17) is 5.73 Å². The van der Waals surface area contributed by atoms with E-state index in [2.05, 4.69) is 9.97 Å². The van der Waals surface area contributed by atoms with E-state index in [0.29, 0.717) is 31.0 Å². The molecule has 1 aliphatic heterocycles. The molecule has 1 saturated heterocycles. The van der Waals surface area contributed by atoms with Crippen LogP contribution >= 0.6 is 0 Å². The Morgan fingerprint density at radius 3 is 2.42 bits per heavy atom. The molecule has 0 bridgehead atoms. The molecular weight excluding hydrogens is 566 g/mol. The van der Waals surface area contributed by atoms with Crippen LogP contribution in [0.1, 0.15) is 35.3 Å². The lowest BCUT2D eigenvalue weighted by Gasteiger charge is -2.42. The SMILES string of the molecule is Cc1c(N2CCN(c3ccncn3)CC2C)c(=O)n(C[C@H](N)c2ccccc2)c(=O)n1Cc1c(F)cccc1C(F)(F)F. The van der Waals surface area contributed by atoms with Gasteiger partial charge in [-0.1, -0.05) is 36.4 Å². The third-order valence-electron chi connectivity index (χ3n) is 7.81. The predicted molar refractivity (Wildman–Crippen MR) is 155 cm³/mol. The average Bonchev–Trinajstić information content (AvgIpc) is 2.99. The molecule has 9 nitrogen and oxygen atoms in total. The monoisotopic (exact) mass is 597 g/mol. The summed E-state index contributed by atoms with van der Waals surface area (Å²) in [5.74, 6) is -0.387. The first-order valence-electron chi connectivity index (χ1n) is 13.7. The number of hydrogen-bond acceptors (Lipinski definition) is 7. The Morgan fingerprint density at radius 1 is 1.02 bits per heavy atom. The zero-order valence-corrected chi connectivity index (χ0v) is 23.6. The van der Waals surface area contributed by atoms with E-state index in [-0.39, 0.29) is 24.0 Å². The fourth-order valence-electron chi connectivity index (χ4n) is 5.58. The molecule has 226 valence electrons. The second-order valence-corrected chi connectivity index (χ2v) is 10.6. The maximum Gasteiger partial charge on any atom is 0.416 e. The van der Waals surface area contributed by atoms with Crippen molar-refractivity contribution in [3.8, 4) is 0 Å². The summed E-state index contributed by atoms with van der Waals surface area (Å²) in [5, 5.41) is 0. The van der Waals surface area contributed by atoms with E-state index in [1.165, 1.54) is 13.3 Å². The standard InChI is InChI=1S/C30H31F4N7O2/c1-19-15-38(26-11-12-36-18-37-26)13-14-39(19)27-20(2)40(16-22-23(30(32,33)34)9-6-10-24(22)31)29(43)41(28(27)42)17-25(35)21-7-4-3-5-8-21/h3-12,18-19,25H,13-17,35H2,1-2H3/t19?,25-/m0/s1. The van der Waals surface area contributed by atoms with Crippen LogP contribution in [-0.2, 0) is 19.3 Å². The van der Waals surface area contributed by atoms with Gasteiger partial charge in [-0.05, 0) is 37.6 Å². The summed E-state index contributed by atoms with van der Waals surface area (Å²) in [4.78, 5) is 40.0. The fourth-order valence-corrected chi connectivity index (χ4v) is 5.58. The molecule has 0 spiro atoms. The molecule has 0 saturated carbocycles. The fraction of sp³-hybridized carbons (Fsp3) is 0.333. The van der Waals surface area contributed by atoms with Crippen LogP contribution in [0.15, 0.2) is 76.7 Å². The lowest BCUT2D eigenvalue weighted by atomic mass is 10.1. The maximum atomic E-state index is 14.9. The third-order valence-corrected chi connectivity index (χ3v) is 7.81. The van der Waals surface area contributed by atoms with Gasteiger partial charge in [0, 0.05) is 49.2 Å². The first-order chi connectivity index (χ1) is 20.5. The minimum Gasteiger partial charge on any atom is -0.359 e. The second-order valence-electron chi connectivity index (χ2n) is 10.6. The van der Waals surface area contributed by atoms with Crippen molar-refractivity contribution in [2.45, 2.75) is 45.2 Å². The third kappa shape index (κ3) is 6.03. The minimum absolute atomic E-state index is 0.137. The summed E-state index contributed by atoms with van der Waals surface area (Å²) in [6, 6.07) is 12.3. The molecular formula is C30H31F4N7O2. The van der Waals surface area contributed by atoms with Gasteiger partial charge in [0.05, 0.1) is 18.7 Å². The van der Waals surface area contributed by atoms with E-state index in [1.807, 2.05) is 16.7 Å². The van der Waals surface area contributed by atoms with Gasteiger partial charge in [-0.15, -0.1) is 0 Å². The van der Waals surface area contributed by atoms with Crippen LogP contribution in [0.25, 0.3) is 0 Å². The number of nitrogens with two attached hydrogens (primary N) is 1. The predicted octanol–water partition coefficient (Wildman–Crippen LogP) is 3.73. The molecule has 2 atom stereocenters. The Balaban J connectivity index is 1.62. The van der Waals surface area contributed by atoms with E-state index in [0.717, 1.165) is 27.3 Å². The highest BCUT2D eigenvalue weighted by Crippen LogP contribution is 2.34. The topological polar surface area (TPSA) is 102 Å². The summed E-state index contributed by atoms with van der Waals surface area (Å²) in [5.41, 5.74) is 3.99. The highest BCUT2D eigenvalue weighted by molar-refractivity contribution is 5.53. The zero-order chi connectivity index (χ0) is 30.9. The van der Waals surface area contributed by atoms with Crippen molar-refractivity contribution in [3.63, 3.8) is 0 Å². The highest BCUT2D eigenvalue weighted by Gasteiger charge is 2.36. The molecule has 0 aliphatic carbocycles. The Kier molecular flexibility index (Phi) is 8.36. The molecule has 13 heteroatoms. The maximum absolute atomic E-state index is 14.9. The van der Waals surface area contributed by atoms with Gasteiger partial charge >= 0.3 is 11.9 Å². The van der Waals surface area contributed by atoms with Crippen molar-refractivity contribution >= 4 is 11.5 Å². The molecule has 0 radical (unpaired) electrons. The number of rotatable bonds is 7. The van der Waals surface area contributed by atoms with Crippen molar-refractivity contribution in [2.75, 3.05) is 29.4 Å². The Bertz CT molecular complexity index is 1710. The number of anilines is 2. The van der Waals surface area contributed by atoms with Crippen molar-refractivity contribution in [3.05, 3.63) is 116 Å². The number of benzene rings is 2. The molecule has 1 unspecified atom stereocenters. The van der Waals surface area contributed by atoms with Crippen LogP contribution in [0, 0.1) is 12.7 Å². The van der Waals surface area contributed by atoms with E-state index in [9.17, 15) is 27.2 Å². The molecule has 2 aromatic heterocycles. The summed E-state index contributed by atoms with van der Waals surface area (Å²) < 4.78 is 58.6. The Hall–Kier alpha value is -4.52. The van der Waals surface area contributed by atoms with Crippen molar-refractivity contribution in [1.29, 1.82) is 0 Å². The first kappa shape index (κ1) is 30.0. The zero-order valence-electron chi connectivity index (χ0n) is 23.6. The molecule has 1 fully saturated rings. The van der Waals surface area contributed by atoms with Crippen molar-refractivity contribution in [2.24, 2.45) is 5.73 Å². The lowest BCUT2D eigenvalue weighted by Crippen LogP contribution is -2.56. The van der Waals surface area contributed by atoms with Gasteiger partial charge in [-0.2, -0.15) is 13.2 Å². The molecule has 0 amide bonds. The molecule has 5 rings (SSSR count). The Morgan fingerprint density at radius 2 is 1.77 bits per heavy atom. The van der Waals surface area contributed by atoms with Crippen LogP contribution < -0.4 is 26.8 Å². The highest BCUT2D eigenvalue weighted by atomic mass is 19.4. The molecule has 3 heterocycles. The number of nitrogens with zero attached hydrogens (tertiary/aromatic N) is 6. The summed E-state index contributed by atoms with van der Waals surface area (Å²) in [7, 11) is 0. The van der Waals surface area contributed by atoms with Gasteiger partial charge in [0.25, 0.3) is 5.56 Å². The van der Waals surface area contributed by atoms with Crippen molar-refractivity contribution < 1.29 is 17.6 Å². The lowest BCUT2D eigenvalue weighted by molar-refractivity contribution is -0.138. The van der Waals surface area contributed by atoms with Gasteiger partial charge < -0.3 is 15.5 Å². The summed E-state index contributed by atoms with van der Waals surface area (Å²) in [6.07, 6.45) is -1.78. The van der Waals surface area contributed by atoms with Gasteiger partial charge in [0.2, 0.25) is 0 Å². The molecule has 2 N–H and O–H groups in total. The summed E-state index contributed by atoms with van der Waals surface area (Å²) in [6.45, 7) is 3.76. The molecule has 43 heavy (non-hydrogen) atoms. The van der Waals surface area contributed by atoms with Crippen LogP contribution in [0.4, 0.5) is 29.1 Å². The quantitative estimate of drug-likeness (QED) is 0.324. The normalized spacial score (nSPS) is 16.4. The Labute approximate surface area is 244 Å². The number of piperazine rings is 1. The molecule has 2 aromatic carbocycles. The molecule has 4 aromatic rings. The van der Waals surface area contributed by atoms with Gasteiger partial charge in [-0.3, -0.25) is 13.9 Å². The van der Waals surface area contributed by atoms with Crippen LogP contribution in [-0.4, -0.2) is 44.8 Å². The minimum atomic E-state index is -4.85. The van der Waals surface area contributed by atoms with Gasteiger partial charge in [-0.25, -0.2) is 19.2 Å². The van der Waals surface area contributed by atoms with E-state index >= 15 is 0 Å². The van der Waals surface area contributed by atoms with E-state index in [1.54, 1.807) is 42.6 Å². The summed E-state index contributed by atoms with van der Waals surface area (Å²) >= 11 is 0. The van der Waals surface area contributed by atoms with E-state index < -0.39 is 47.0 Å². The second kappa shape index (κ2) is 12.0. The number of alkyl halides is 3. The largest absolute Gasteiger partial charge is 0.416 e.